The second-order valence-electron chi connectivity index (χ2n) is 7.49. The highest BCUT2D eigenvalue weighted by molar-refractivity contribution is 6.09. The first-order valence-corrected chi connectivity index (χ1v) is 10.3. The molecule has 5 nitrogen and oxygen atoms in total. The minimum atomic E-state index is -0.396. The van der Waals surface area contributed by atoms with Crippen LogP contribution in [-0.4, -0.2) is 49.4 Å². The second-order valence-corrected chi connectivity index (χ2v) is 7.49. The van der Waals surface area contributed by atoms with Gasteiger partial charge in [0.05, 0.1) is 0 Å². The number of rotatable bonds is 6. The van der Waals surface area contributed by atoms with Crippen molar-refractivity contribution in [1.29, 1.82) is 0 Å². The Hall–Kier alpha value is -3.74. The zero-order valence-corrected chi connectivity index (χ0v) is 17.3. The Morgan fingerprint density at radius 2 is 1.22 bits per heavy atom. The second kappa shape index (κ2) is 9.60. The van der Waals surface area contributed by atoms with Crippen LogP contribution in [0.3, 0.4) is 0 Å². The SMILES string of the molecule is O=C(c1ccc(F)cc1)c1ccc(OCC(=O)N2CCN(c3ccc(F)cc3)CC2)cc1. The van der Waals surface area contributed by atoms with Gasteiger partial charge in [-0.25, -0.2) is 8.78 Å². The lowest BCUT2D eigenvalue weighted by atomic mass is 10.0. The predicted molar refractivity (Wildman–Crippen MR) is 117 cm³/mol. The lowest BCUT2D eigenvalue weighted by Crippen LogP contribution is -2.50. The van der Waals surface area contributed by atoms with E-state index < -0.39 is 5.82 Å². The molecule has 7 heteroatoms. The van der Waals surface area contributed by atoms with E-state index in [0.717, 1.165) is 5.69 Å². The number of benzene rings is 3. The van der Waals surface area contributed by atoms with Gasteiger partial charge in [0.15, 0.2) is 12.4 Å². The molecule has 0 spiro atoms. The zero-order chi connectivity index (χ0) is 22.5. The Bertz CT molecular complexity index is 1080. The highest BCUT2D eigenvalue weighted by Crippen LogP contribution is 2.18. The molecule has 1 aliphatic rings. The number of piperazine rings is 1. The van der Waals surface area contributed by atoms with E-state index in [0.29, 0.717) is 43.1 Å². The van der Waals surface area contributed by atoms with Crippen molar-refractivity contribution < 1.29 is 23.1 Å². The Labute approximate surface area is 184 Å². The number of carbonyl (C=O) groups is 2. The van der Waals surface area contributed by atoms with Gasteiger partial charge >= 0.3 is 0 Å². The van der Waals surface area contributed by atoms with Gasteiger partial charge in [-0.15, -0.1) is 0 Å². The third-order valence-electron chi connectivity index (χ3n) is 5.41. The topological polar surface area (TPSA) is 49.9 Å². The molecule has 0 saturated carbocycles. The van der Waals surface area contributed by atoms with E-state index in [9.17, 15) is 18.4 Å². The predicted octanol–water partition coefficient (Wildman–Crippen LogP) is 3.92. The van der Waals surface area contributed by atoms with Gasteiger partial charge in [0, 0.05) is 43.0 Å². The smallest absolute Gasteiger partial charge is 0.260 e. The van der Waals surface area contributed by atoms with Crippen LogP contribution in [0, 0.1) is 11.6 Å². The van der Waals surface area contributed by atoms with Gasteiger partial charge in [-0.05, 0) is 72.8 Å². The molecule has 3 aromatic carbocycles. The summed E-state index contributed by atoms with van der Waals surface area (Å²) in [5, 5.41) is 0. The molecule has 3 aromatic rings. The highest BCUT2D eigenvalue weighted by atomic mass is 19.1. The van der Waals surface area contributed by atoms with Crippen molar-refractivity contribution in [3.63, 3.8) is 0 Å². The van der Waals surface area contributed by atoms with Gasteiger partial charge in [0.2, 0.25) is 0 Å². The minimum absolute atomic E-state index is 0.0954. The summed E-state index contributed by atoms with van der Waals surface area (Å²) < 4.78 is 31.7. The first-order valence-electron chi connectivity index (χ1n) is 10.3. The lowest BCUT2D eigenvalue weighted by Gasteiger charge is -2.36. The third-order valence-corrected chi connectivity index (χ3v) is 5.41. The first kappa shape index (κ1) is 21.5. The number of ketones is 1. The summed E-state index contributed by atoms with van der Waals surface area (Å²) in [6.07, 6.45) is 0. The van der Waals surface area contributed by atoms with Crippen molar-refractivity contribution in [2.75, 3.05) is 37.7 Å². The molecule has 0 aliphatic carbocycles. The van der Waals surface area contributed by atoms with Gasteiger partial charge in [0.25, 0.3) is 5.91 Å². The molecule has 1 aliphatic heterocycles. The van der Waals surface area contributed by atoms with E-state index in [-0.39, 0.29) is 24.1 Å². The molecule has 0 aromatic heterocycles. The molecule has 0 bridgehead atoms. The fourth-order valence-electron chi connectivity index (χ4n) is 3.57. The van der Waals surface area contributed by atoms with Crippen LogP contribution in [0.25, 0.3) is 0 Å². The number of amides is 1. The van der Waals surface area contributed by atoms with E-state index in [1.54, 1.807) is 41.3 Å². The van der Waals surface area contributed by atoms with Crippen LogP contribution in [0.5, 0.6) is 5.75 Å². The largest absolute Gasteiger partial charge is 0.484 e. The Morgan fingerprint density at radius 1 is 0.719 bits per heavy atom. The first-order chi connectivity index (χ1) is 15.5. The molecular formula is C25H22F2N2O3. The van der Waals surface area contributed by atoms with Crippen LogP contribution in [-0.2, 0) is 4.79 Å². The zero-order valence-electron chi connectivity index (χ0n) is 17.3. The summed E-state index contributed by atoms with van der Waals surface area (Å²) in [4.78, 5) is 28.8. The third kappa shape index (κ3) is 5.11. The Balaban J connectivity index is 1.26. The maximum atomic E-state index is 13.1. The monoisotopic (exact) mass is 436 g/mol. The summed E-state index contributed by atoms with van der Waals surface area (Å²) in [5.41, 5.74) is 1.78. The van der Waals surface area contributed by atoms with Crippen LogP contribution < -0.4 is 9.64 Å². The van der Waals surface area contributed by atoms with Gasteiger partial charge < -0.3 is 14.5 Å². The molecule has 0 unspecified atom stereocenters. The summed E-state index contributed by atoms with van der Waals surface area (Å²) in [6.45, 7) is 2.35. The molecule has 0 N–H and O–H groups in total. The van der Waals surface area contributed by atoms with Crippen molar-refractivity contribution in [2.45, 2.75) is 0 Å². The van der Waals surface area contributed by atoms with E-state index in [1.165, 1.54) is 36.4 Å². The van der Waals surface area contributed by atoms with Crippen LogP contribution in [0.15, 0.2) is 72.8 Å². The van der Waals surface area contributed by atoms with Crippen molar-refractivity contribution in [1.82, 2.24) is 4.90 Å². The molecule has 1 amide bonds. The number of carbonyl (C=O) groups excluding carboxylic acids is 2. The molecule has 4 rings (SSSR count). The fourth-order valence-corrected chi connectivity index (χ4v) is 3.57. The standard InChI is InChI=1S/C25H22F2N2O3/c26-20-5-1-18(2-6-20)25(31)19-3-11-23(12-4-19)32-17-24(30)29-15-13-28(14-16-29)22-9-7-21(27)8-10-22/h1-12H,13-17H2. The summed E-state index contributed by atoms with van der Waals surface area (Å²) in [6, 6.07) is 18.2. The van der Waals surface area contributed by atoms with E-state index in [2.05, 4.69) is 4.90 Å². The molecule has 1 fully saturated rings. The van der Waals surface area contributed by atoms with Gasteiger partial charge in [-0.2, -0.15) is 0 Å². The summed E-state index contributed by atoms with van der Waals surface area (Å²) in [7, 11) is 0. The molecule has 164 valence electrons. The van der Waals surface area contributed by atoms with Crippen molar-refractivity contribution in [2.24, 2.45) is 0 Å². The molecule has 0 atom stereocenters. The molecule has 1 heterocycles. The van der Waals surface area contributed by atoms with Crippen molar-refractivity contribution in [3.05, 3.63) is 95.6 Å². The average Bonchev–Trinajstić information content (AvgIpc) is 2.83. The number of hydrogen-bond acceptors (Lipinski definition) is 4. The number of halogens is 2. The Kier molecular flexibility index (Phi) is 6.44. The normalized spacial score (nSPS) is 13.7. The minimum Gasteiger partial charge on any atom is -0.484 e. The van der Waals surface area contributed by atoms with Crippen molar-refractivity contribution in [3.8, 4) is 5.75 Å². The highest BCUT2D eigenvalue weighted by Gasteiger charge is 2.21. The summed E-state index contributed by atoms with van der Waals surface area (Å²) >= 11 is 0. The average molecular weight is 436 g/mol. The van der Waals surface area contributed by atoms with E-state index in [1.807, 2.05) is 0 Å². The molecule has 0 radical (unpaired) electrons. The molecule has 1 saturated heterocycles. The Morgan fingerprint density at radius 3 is 1.78 bits per heavy atom. The van der Waals surface area contributed by atoms with Crippen LogP contribution in [0.1, 0.15) is 15.9 Å². The number of hydrogen-bond donors (Lipinski definition) is 0. The molecule has 32 heavy (non-hydrogen) atoms. The fraction of sp³-hybridized carbons (Fsp3) is 0.200. The van der Waals surface area contributed by atoms with E-state index >= 15 is 0 Å². The van der Waals surface area contributed by atoms with Crippen LogP contribution >= 0.6 is 0 Å². The van der Waals surface area contributed by atoms with Crippen LogP contribution in [0.4, 0.5) is 14.5 Å². The van der Waals surface area contributed by atoms with Crippen molar-refractivity contribution >= 4 is 17.4 Å². The van der Waals surface area contributed by atoms with Crippen LogP contribution in [0.2, 0.25) is 0 Å². The van der Waals surface area contributed by atoms with E-state index in [4.69, 9.17) is 4.74 Å². The number of nitrogens with zero attached hydrogens (tertiary/aromatic N) is 2. The summed E-state index contributed by atoms with van der Waals surface area (Å²) in [5.74, 6) is -0.514. The van der Waals surface area contributed by atoms with Gasteiger partial charge in [-0.3, -0.25) is 9.59 Å². The van der Waals surface area contributed by atoms with Gasteiger partial charge in [-0.1, -0.05) is 0 Å². The van der Waals surface area contributed by atoms with Gasteiger partial charge in [0.1, 0.15) is 17.4 Å². The quantitative estimate of drug-likeness (QED) is 0.550. The maximum absolute atomic E-state index is 13.1. The number of ether oxygens (including phenoxy) is 1. The molecular weight excluding hydrogens is 414 g/mol. The maximum Gasteiger partial charge on any atom is 0.260 e. The number of anilines is 1. The lowest BCUT2D eigenvalue weighted by molar-refractivity contribution is -0.133.